The zero-order valence-corrected chi connectivity index (χ0v) is 20.8. The Hall–Kier alpha value is -3.20. The normalized spacial score (nSPS) is 16.0. The molecular weight excluding hydrogens is 454 g/mol. The number of rotatable bonds is 9. The first kappa shape index (κ1) is 25.4. The summed E-state index contributed by atoms with van der Waals surface area (Å²) in [6.45, 7) is 7.33. The van der Waals surface area contributed by atoms with Gasteiger partial charge in [0.25, 0.3) is 15.9 Å². The van der Waals surface area contributed by atoms with Crippen LogP contribution in [-0.4, -0.2) is 54.0 Å². The third kappa shape index (κ3) is 5.14. The molecule has 182 valence electrons. The largest absolute Gasteiger partial charge is 0.352 e. The molecule has 0 saturated heterocycles. The van der Waals surface area contributed by atoms with Gasteiger partial charge < -0.3 is 10.2 Å². The van der Waals surface area contributed by atoms with E-state index in [9.17, 15) is 22.8 Å². The Morgan fingerprint density at radius 1 is 1.06 bits per heavy atom. The van der Waals surface area contributed by atoms with Gasteiger partial charge in [-0.15, -0.1) is 0 Å². The van der Waals surface area contributed by atoms with Gasteiger partial charge in [0.2, 0.25) is 11.8 Å². The third-order valence-corrected chi connectivity index (χ3v) is 8.05. The number of carbonyl (C=O) groups is 3. The summed E-state index contributed by atoms with van der Waals surface area (Å²) in [7, 11) is -4.00. The average molecular weight is 486 g/mol. The van der Waals surface area contributed by atoms with Crippen LogP contribution >= 0.6 is 0 Å². The molecule has 0 bridgehead atoms. The van der Waals surface area contributed by atoms with Gasteiger partial charge in [0.1, 0.15) is 10.9 Å². The third-order valence-electron chi connectivity index (χ3n) is 6.21. The molecule has 1 heterocycles. The van der Waals surface area contributed by atoms with Crippen LogP contribution in [-0.2, 0) is 26.2 Å². The maximum Gasteiger partial charge on any atom is 0.269 e. The fraction of sp³-hybridized carbons (Fsp3) is 0.400. The molecule has 1 aliphatic rings. The van der Waals surface area contributed by atoms with Crippen molar-refractivity contribution >= 4 is 27.7 Å². The number of carbonyl (C=O) groups excluding carboxylic acids is 3. The molecule has 0 spiro atoms. The van der Waals surface area contributed by atoms with E-state index in [1.165, 1.54) is 17.0 Å². The Kier molecular flexibility index (Phi) is 7.76. The van der Waals surface area contributed by atoms with Gasteiger partial charge in [0.15, 0.2) is 0 Å². The van der Waals surface area contributed by atoms with Crippen molar-refractivity contribution in [3.8, 4) is 0 Å². The molecule has 3 amide bonds. The number of amides is 3. The Morgan fingerprint density at radius 3 is 2.35 bits per heavy atom. The summed E-state index contributed by atoms with van der Waals surface area (Å²) < 4.78 is 26.4. The molecule has 1 N–H and O–H groups in total. The maximum atomic E-state index is 13.3. The molecule has 8 nitrogen and oxygen atoms in total. The highest BCUT2D eigenvalue weighted by Gasteiger charge is 2.41. The van der Waals surface area contributed by atoms with Gasteiger partial charge in [0.05, 0.1) is 5.56 Å². The lowest BCUT2D eigenvalue weighted by Crippen LogP contribution is -2.50. The first-order valence-corrected chi connectivity index (χ1v) is 12.8. The molecule has 0 unspecified atom stereocenters. The molecule has 34 heavy (non-hydrogen) atoms. The minimum Gasteiger partial charge on any atom is -0.352 e. The quantitative estimate of drug-likeness (QED) is 0.588. The van der Waals surface area contributed by atoms with Crippen molar-refractivity contribution in [1.82, 2.24) is 14.5 Å². The molecule has 1 aliphatic heterocycles. The number of nitrogens with zero attached hydrogens (tertiary/aromatic N) is 2. The zero-order valence-electron chi connectivity index (χ0n) is 19.9. The topological polar surface area (TPSA) is 104 Å². The van der Waals surface area contributed by atoms with Gasteiger partial charge in [-0.1, -0.05) is 43.3 Å². The molecule has 2 atom stereocenters. The number of aryl methyl sites for hydroxylation is 1. The first-order valence-electron chi connectivity index (χ1n) is 11.4. The average Bonchev–Trinajstić information content (AvgIpc) is 3.01. The summed E-state index contributed by atoms with van der Waals surface area (Å²) in [5, 5.41) is 2.90. The smallest absolute Gasteiger partial charge is 0.269 e. The van der Waals surface area contributed by atoms with E-state index in [0.717, 1.165) is 21.9 Å². The van der Waals surface area contributed by atoms with Gasteiger partial charge in [-0.3, -0.25) is 14.4 Å². The van der Waals surface area contributed by atoms with Crippen LogP contribution in [0.3, 0.4) is 0 Å². The molecular formula is C25H31N3O5S. The van der Waals surface area contributed by atoms with Crippen molar-refractivity contribution in [3.63, 3.8) is 0 Å². The lowest BCUT2D eigenvalue weighted by Gasteiger charge is -2.30. The summed E-state index contributed by atoms with van der Waals surface area (Å²) in [5.74, 6) is -1.33. The van der Waals surface area contributed by atoms with Crippen LogP contribution in [0, 0.1) is 6.92 Å². The Labute approximate surface area is 201 Å². The van der Waals surface area contributed by atoms with Crippen molar-refractivity contribution < 1.29 is 22.8 Å². The molecule has 9 heteroatoms. The summed E-state index contributed by atoms with van der Waals surface area (Å²) in [6.07, 6.45) is 0.519. The highest BCUT2D eigenvalue weighted by molar-refractivity contribution is 7.90. The second-order valence-corrected chi connectivity index (χ2v) is 10.4. The molecule has 0 saturated carbocycles. The molecule has 3 rings (SSSR count). The number of benzene rings is 2. The molecule has 2 aromatic carbocycles. The van der Waals surface area contributed by atoms with E-state index in [4.69, 9.17) is 0 Å². The summed E-state index contributed by atoms with van der Waals surface area (Å²) >= 11 is 0. The standard InChI is InChI=1S/C25H31N3O5S/c1-5-18(3)26-24(30)19(4)27(16-20-11-7-6-10-17(20)2)23(29)14-15-28-25(31)21-12-8-9-13-22(21)34(28,32)33/h6-13,18-19H,5,14-16H2,1-4H3,(H,26,30)/t18-,19+/m0/s1. The Bertz CT molecular complexity index is 1190. The number of hydrogen-bond donors (Lipinski definition) is 1. The van der Waals surface area contributed by atoms with E-state index in [0.29, 0.717) is 0 Å². The van der Waals surface area contributed by atoms with Crippen LogP contribution in [0.1, 0.15) is 55.1 Å². The van der Waals surface area contributed by atoms with Gasteiger partial charge in [-0.25, -0.2) is 12.7 Å². The van der Waals surface area contributed by atoms with Crippen LogP contribution in [0.2, 0.25) is 0 Å². The Morgan fingerprint density at radius 2 is 1.71 bits per heavy atom. The minimum atomic E-state index is -4.00. The monoisotopic (exact) mass is 485 g/mol. The van der Waals surface area contributed by atoms with E-state index in [-0.39, 0.29) is 41.9 Å². The zero-order chi connectivity index (χ0) is 25.0. The molecule has 0 radical (unpaired) electrons. The van der Waals surface area contributed by atoms with Gasteiger partial charge in [-0.05, 0) is 50.5 Å². The maximum absolute atomic E-state index is 13.3. The number of hydrogen-bond acceptors (Lipinski definition) is 5. The van der Waals surface area contributed by atoms with Crippen molar-refractivity contribution in [2.45, 2.75) is 64.1 Å². The fourth-order valence-electron chi connectivity index (χ4n) is 3.81. The van der Waals surface area contributed by atoms with Crippen molar-refractivity contribution in [3.05, 3.63) is 65.2 Å². The van der Waals surface area contributed by atoms with Gasteiger partial charge >= 0.3 is 0 Å². The van der Waals surface area contributed by atoms with E-state index in [1.54, 1.807) is 19.1 Å². The van der Waals surface area contributed by atoms with Crippen molar-refractivity contribution in [1.29, 1.82) is 0 Å². The minimum absolute atomic E-state index is 0.0452. The van der Waals surface area contributed by atoms with Crippen LogP contribution in [0.5, 0.6) is 0 Å². The fourth-order valence-corrected chi connectivity index (χ4v) is 5.38. The van der Waals surface area contributed by atoms with Gasteiger partial charge in [0, 0.05) is 25.6 Å². The Balaban J connectivity index is 1.80. The second-order valence-electron chi connectivity index (χ2n) is 8.57. The molecule has 0 aromatic heterocycles. The van der Waals surface area contributed by atoms with E-state index in [1.807, 2.05) is 45.0 Å². The molecule has 2 aromatic rings. The predicted molar refractivity (Wildman–Crippen MR) is 128 cm³/mol. The van der Waals surface area contributed by atoms with E-state index >= 15 is 0 Å². The highest BCUT2D eigenvalue weighted by atomic mass is 32.2. The van der Waals surface area contributed by atoms with Crippen LogP contribution in [0.25, 0.3) is 0 Å². The van der Waals surface area contributed by atoms with E-state index < -0.39 is 27.9 Å². The van der Waals surface area contributed by atoms with Crippen LogP contribution in [0.4, 0.5) is 0 Å². The summed E-state index contributed by atoms with van der Waals surface area (Å²) in [6, 6.07) is 12.8. The molecule has 0 fully saturated rings. The van der Waals surface area contributed by atoms with Crippen molar-refractivity contribution in [2.24, 2.45) is 0 Å². The van der Waals surface area contributed by atoms with Crippen molar-refractivity contribution in [2.75, 3.05) is 6.54 Å². The number of sulfonamides is 1. The summed E-state index contributed by atoms with van der Waals surface area (Å²) in [5.41, 5.74) is 1.96. The SMILES string of the molecule is CC[C@H](C)NC(=O)[C@@H](C)N(Cc1ccccc1C)C(=O)CCN1C(=O)c2ccccc2S1(=O)=O. The summed E-state index contributed by atoms with van der Waals surface area (Å²) in [4.78, 5) is 40.2. The van der Waals surface area contributed by atoms with Crippen LogP contribution in [0.15, 0.2) is 53.4 Å². The first-order chi connectivity index (χ1) is 16.1. The van der Waals surface area contributed by atoms with E-state index in [2.05, 4.69) is 5.32 Å². The lowest BCUT2D eigenvalue weighted by molar-refractivity contribution is -0.140. The second kappa shape index (κ2) is 10.4. The number of fused-ring (bicyclic) bond motifs is 1. The lowest BCUT2D eigenvalue weighted by atomic mass is 10.1. The van der Waals surface area contributed by atoms with Gasteiger partial charge in [-0.2, -0.15) is 0 Å². The number of nitrogens with one attached hydrogen (secondary N) is 1. The predicted octanol–water partition coefficient (Wildman–Crippen LogP) is 2.86. The highest BCUT2D eigenvalue weighted by Crippen LogP contribution is 2.30. The van der Waals surface area contributed by atoms with Crippen LogP contribution < -0.4 is 5.32 Å². The molecule has 0 aliphatic carbocycles.